The Morgan fingerprint density at radius 1 is 1.16 bits per heavy atom. The molecule has 166 valence electrons. The molecule has 1 N–H and O–H groups in total. The molecule has 1 aliphatic rings. The second-order valence-corrected chi connectivity index (χ2v) is 9.96. The number of ether oxygens (including phenoxy) is 2. The molecule has 32 heavy (non-hydrogen) atoms. The molecule has 1 aliphatic heterocycles. The first-order chi connectivity index (χ1) is 15.6. The largest absolute Gasteiger partial charge is 0.490 e. The highest BCUT2D eigenvalue weighted by Gasteiger charge is 2.22. The summed E-state index contributed by atoms with van der Waals surface area (Å²) in [7, 11) is 0. The summed E-state index contributed by atoms with van der Waals surface area (Å²) < 4.78 is 14.7. The second kappa shape index (κ2) is 8.99. The molecule has 4 aromatic rings. The van der Waals surface area contributed by atoms with Crippen molar-refractivity contribution in [2.24, 2.45) is 5.92 Å². The Bertz CT molecular complexity index is 1270. The molecule has 7 nitrogen and oxygen atoms in total. The topological polar surface area (TPSA) is 77.8 Å². The standard InChI is InChI=1S/C23H24N4O3S2/c1-14(2)21(15-8-9-17-18(12-15)30-11-5-10-29-17)24-20(28)13-31-22-25-26-23-27(22)16-6-3-4-7-19(16)32-23/h3-4,6-9,12,14,21H,5,10-11,13H2,1-2H3,(H,24,28). The predicted molar refractivity (Wildman–Crippen MR) is 127 cm³/mol. The number of aromatic nitrogens is 3. The minimum Gasteiger partial charge on any atom is -0.490 e. The molecule has 0 bridgehead atoms. The SMILES string of the molecule is CC(C)C(NC(=O)CSc1nnc2sc3ccccc3n12)c1ccc2c(c1)OCCCO2. The second-order valence-electron chi connectivity index (χ2n) is 8.00. The van der Waals surface area contributed by atoms with E-state index in [4.69, 9.17) is 9.47 Å². The molecule has 1 unspecified atom stereocenters. The van der Waals surface area contributed by atoms with Crippen LogP contribution in [0.1, 0.15) is 31.9 Å². The fourth-order valence-corrected chi connectivity index (χ4v) is 5.58. The number of para-hydroxylation sites is 1. The Kier molecular flexibility index (Phi) is 5.93. The average molecular weight is 469 g/mol. The van der Waals surface area contributed by atoms with E-state index >= 15 is 0 Å². The van der Waals surface area contributed by atoms with Crippen molar-refractivity contribution < 1.29 is 14.3 Å². The zero-order valence-corrected chi connectivity index (χ0v) is 19.5. The van der Waals surface area contributed by atoms with E-state index in [1.54, 1.807) is 11.3 Å². The molecule has 1 atom stereocenters. The Balaban J connectivity index is 1.30. The number of hydrogen-bond donors (Lipinski definition) is 1. The van der Waals surface area contributed by atoms with Crippen molar-refractivity contribution in [3.8, 4) is 11.5 Å². The number of thiazole rings is 1. The molecule has 0 spiro atoms. The first kappa shape index (κ1) is 21.1. The van der Waals surface area contributed by atoms with Gasteiger partial charge in [0.05, 0.1) is 35.2 Å². The Labute approximate surface area is 194 Å². The minimum absolute atomic E-state index is 0.0444. The summed E-state index contributed by atoms with van der Waals surface area (Å²) in [6.45, 7) is 5.49. The number of amides is 1. The molecular formula is C23H24N4O3S2. The molecule has 3 heterocycles. The van der Waals surface area contributed by atoms with E-state index in [-0.39, 0.29) is 23.6 Å². The highest BCUT2D eigenvalue weighted by Crippen LogP contribution is 2.34. The van der Waals surface area contributed by atoms with E-state index in [9.17, 15) is 4.79 Å². The van der Waals surface area contributed by atoms with Crippen molar-refractivity contribution in [1.82, 2.24) is 19.9 Å². The molecule has 5 rings (SSSR count). The van der Waals surface area contributed by atoms with Crippen LogP contribution < -0.4 is 14.8 Å². The van der Waals surface area contributed by atoms with E-state index < -0.39 is 0 Å². The number of fused-ring (bicyclic) bond motifs is 4. The molecule has 2 aromatic carbocycles. The third-order valence-electron chi connectivity index (χ3n) is 5.36. The van der Waals surface area contributed by atoms with Gasteiger partial charge in [0.1, 0.15) is 0 Å². The molecule has 0 radical (unpaired) electrons. The maximum absolute atomic E-state index is 12.9. The van der Waals surface area contributed by atoms with Crippen LogP contribution in [0.3, 0.4) is 0 Å². The molecule has 1 amide bonds. The van der Waals surface area contributed by atoms with Crippen molar-refractivity contribution in [3.63, 3.8) is 0 Å². The van der Waals surface area contributed by atoms with Crippen LogP contribution in [0.15, 0.2) is 47.6 Å². The number of nitrogens with one attached hydrogen (secondary N) is 1. The minimum atomic E-state index is -0.124. The van der Waals surface area contributed by atoms with Gasteiger partial charge in [0.25, 0.3) is 0 Å². The zero-order chi connectivity index (χ0) is 22.1. The summed E-state index contributed by atoms with van der Waals surface area (Å²) in [5, 5.41) is 12.5. The van der Waals surface area contributed by atoms with Gasteiger partial charge < -0.3 is 14.8 Å². The number of carbonyl (C=O) groups is 1. The average Bonchev–Trinajstić information content (AvgIpc) is 3.26. The van der Waals surface area contributed by atoms with E-state index in [1.165, 1.54) is 11.8 Å². The zero-order valence-electron chi connectivity index (χ0n) is 17.9. The van der Waals surface area contributed by atoms with Crippen LogP contribution >= 0.6 is 23.1 Å². The van der Waals surface area contributed by atoms with Gasteiger partial charge in [-0.2, -0.15) is 0 Å². The summed E-state index contributed by atoms with van der Waals surface area (Å²) in [5.41, 5.74) is 2.07. The summed E-state index contributed by atoms with van der Waals surface area (Å²) in [6.07, 6.45) is 0.862. The summed E-state index contributed by atoms with van der Waals surface area (Å²) in [5.74, 6) is 1.93. The van der Waals surface area contributed by atoms with Gasteiger partial charge in [-0.05, 0) is 35.7 Å². The quantitative estimate of drug-likeness (QED) is 0.413. The summed E-state index contributed by atoms with van der Waals surface area (Å²) in [6, 6.07) is 13.9. The fourth-order valence-electron chi connectivity index (χ4n) is 3.80. The third-order valence-corrected chi connectivity index (χ3v) is 7.30. The molecule has 2 aromatic heterocycles. The molecule has 0 saturated heterocycles. The van der Waals surface area contributed by atoms with Gasteiger partial charge in [0.15, 0.2) is 16.7 Å². The van der Waals surface area contributed by atoms with Crippen LogP contribution in [-0.2, 0) is 4.79 Å². The van der Waals surface area contributed by atoms with Crippen LogP contribution in [0.25, 0.3) is 15.2 Å². The van der Waals surface area contributed by atoms with Crippen molar-refractivity contribution in [3.05, 3.63) is 48.0 Å². The third kappa shape index (κ3) is 4.14. The van der Waals surface area contributed by atoms with E-state index in [0.29, 0.717) is 13.2 Å². The van der Waals surface area contributed by atoms with Crippen LogP contribution in [0.2, 0.25) is 0 Å². The van der Waals surface area contributed by atoms with Crippen molar-refractivity contribution in [2.45, 2.75) is 31.5 Å². The van der Waals surface area contributed by atoms with Gasteiger partial charge in [0, 0.05) is 6.42 Å². The van der Waals surface area contributed by atoms with Crippen LogP contribution in [0.5, 0.6) is 11.5 Å². The highest BCUT2D eigenvalue weighted by molar-refractivity contribution is 7.99. The Morgan fingerprint density at radius 2 is 1.97 bits per heavy atom. The maximum Gasteiger partial charge on any atom is 0.230 e. The Hall–Kier alpha value is -2.78. The lowest BCUT2D eigenvalue weighted by atomic mass is 9.95. The van der Waals surface area contributed by atoms with Gasteiger partial charge in [-0.1, -0.05) is 55.1 Å². The lowest BCUT2D eigenvalue weighted by molar-refractivity contribution is -0.119. The number of carbonyl (C=O) groups excluding carboxylic acids is 1. The first-order valence-corrected chi connectivity index (χ1v) is 12.4. The molecular weight excluding hydrogens is 444 g/mol. The van der Waals surface area contributed by atoms with E-state index in [1.807, 2.05) is 40.8 Å². The monoisotopic (exact) mass is 468 g/mol. The fraction of sp³-hybridized carbons (Fsp3) is 0.348. The van der Waals surface area contributed by atoms with Crippen molar-refractivity contribution >= 4 is 44.2 Å². The number of hydrogen-bond acceptors (Lipinski definition) is 7. The van der Waals surface area contributed by atoms with Gasteiger partial charge in [-0.15, -0.1) is 10.2 Å². The number of rotatable bonds is 6. The van der Waals surface area contributed by atoms with Crippen LogP contribution in [-0.4, -0.2) is 39.5 Å². The van der Waals surface area contributed by atoms with E-state index in [0.717, 1.165) is 43.8 Å². The number of thioether (sulfide) groups is 1. The summed E-state index contributed by atoms with van der Waals surface area (Å²) in [4.78, 5) is 13.7. The van der Waals surface area contributed by atoms with Gasteiger partial charge in [-0.25, -0.2) is 0 Å². The normalized spacial score (nSPS) is 14.6. The van der Waals surface area contributed by atoms with Crippen LogP contribution in [0.4, 0.5) is 0 Å². The first-order valence-electron chi connectivity index (χ1n) is 10.6. The van der Waals surface area contributed by atoms with Gasteiger partial charge in [0.2, 0.25) is 10.9 Å². The highest BCUT2D eigenvalue weighted by atomic mass is 32.2. The van der Waals surface area contributed by atoms with Crippen LogP contribution in [0, 0.1) is 5.92 Å². The molecule has 0 saturated carbocycles. The number of nitrogens with zero attached hydrogens (tertiary/aromatic N) is 3. The van der Waals surface area contributed by atoms with Gasteiger partial charge >= 0.3 is 0 Å². The molecule has 0 fully saturated rings. The van der Waals surface area contributed by atoms with Crippen molar-refractivity contribution in [2.75, 3.05) is 19.0 Å². The van der Waals surface area contributed by atoms with Gasteiger partial charge in [-0.3, -0.25) is 9.20 Å². The smallest absolute Gasteiger partial charge is 0.230 e. The van der Waals surface area contributed by atoms with Crippen molar-refractivity contribution in [1.29, 1.82) is 0 Å². The molecule has 9 heteroatoms. The maximum atomic E-state index is 12.9. The Morgan fingerprint density at radius 3 is 2.81 bits per heavy atom. The summed E-state index contributed by atoms with van der Waals surface area (Å²) >= 11 is 2.99. The van der Waals surface area contributed by atoms with E-state index in [2.05, 4.69) is 35.4 Å². The number of benzene rings is 2. The lowest BCUT2D eigenvalue weighted by Crippen LogP contribution is -2.33. The molecule has 0 aliphatic carbocycles. The predicted octanol–water partition coefficient (Wildman–Crippen LogP) is 4.71. The lowest BCUT2D eigenvalue weighted by Gasteiger charge is -2.23.